The Balaban J connectivity index is 1.86. The van der Waals surface area contributed by atoms with Gasteiger partial charge in [-0.25, -0.2) is 0 Å². The van der Waals surface area contributed by atoms with Crippen LogP contribution >= 0.6 is 11.6 Å². The first-order chi connectivity index (χ1) is 10.1. The zero-order valence-electron chi connectivity index (χ0n) is 12.5. The van der Waals surface area contributed by atoms with Crippen molar-refractivity contribution in [3.63, 3.8) is 0 Å². The largest absolute Gasteiger partial charge is 0.497 e. The van der Waals surface area contributed by atoms with Crippen molar-refractivity contribution in [2.75, 3.05) is 20.3 Å². The average molecular weight is 307 g/mol. The number of benzene rings is 2. The summed E-state index contributed by atoms with van der Waals surface area (Å²) >= 11 is 6.06. The summed E-state index contributed by atoms with van der Waals surface area (Å²) in [6.45, 7) is 4.87. The predicted molar refractivity (Wildman–Crippen MR) is 84.9 cm³/mol. The zero-order chi connectivity index (χ0) is 15.2. The second kappa shape index (κ2) is 7.23. The summed E-state index contributed by atoms with van der Waals surface area (Å²) in [5.41, 5.74) is 2.03. The lowest BCUT2D eigenvalue weighted by Crippen LogP contribution is -2.09. The van der Waals surface area contributed by atoms with Crippen molar-refractivity contribution < 1.29 is 14.2 Å². The number of hydrogen-bond donors (Lipinski definition) is 0. The van der Waals surface area contributed by atoms with Crippen molar-refractivity contribution >= 4 is 11.6 Å². The molecule has 0 radical (unpaired) electrons. The number of aryl methyl sites for hydroxylation is 2. The van der Waals surface area contributed by atoms with E-state index < -0.39 is 0 Å². The van der Waals surface area contributed by atoms with Gasteiger partial charge in [-0.2, -0.15) is 0 Å². The summed E-state index contributed by atoms with van der Waals surface area (Å²) in [6.07, 6.45) is 0. The Kier molecular flexibility index (Phi) is 5.34. The van der Waals surface area contributed by atoms with Gasteiger partial charge in [0.15, 0.2) is 0 Å². The summed E-state index contributed by atoms with van der Waals surface area (Å²) in [5, 5.41) is 0.757. The average Bonchev–Trinajstić information content (AvgIpc) is 2.48. The fourth-order valence-electron chi connectivity index (χ4n) is 1.91. The van der Waals surface area contributed by atoms with Crippen molar-refractivity contribution in [1.29, 1.82) is 0 Å². The van der Waals surface area contributed by atoms with Gasteiger partial charge in [-0.15, -0.1) is 0 Å². The van der Waals surface area contributed by atoms with Gasteiger partial charge in [-0.1, -0.05) is 17.7 Å². The van der Waals surface area contributed by atoms with Crippen LogP contribution < -0.4 is 14.2 Å². The lowest BCUT2D eigenvalue weighted by molar-refractivity contribution is 0.215. The highest BCUT2D eigenvalue weighted by atomic mass is 35.5. The van der Waals surface area contributed by atoms with Crippen LogP contribution in [0.5, 0.6) is 17.2 Å². The maximum atomic E-state index is 6.06. The second-order valence-corrected chi connectivity index (χ2v) is 5.15. The van der Waals surface area contributed by atoms with E-state index in [0.29, 0.717) is 13.2 Å². The molecule has 0 heterocycles. The Morgan fingerprint density at radius 1 is 0.905 bits per heavy atom. The van der Waals surface area contributed by atoms with E-state index >= 15 is 0 Å². The van der Waals surface area contributed by atoms with Crippen LogP contribution in [0.3, 0.4) is 0 Å². The van der Waals surface area contributed by atoms with Crippen LogP contribution in [0.15, 0.2) is 36.4 Å². The molecule has 0 aliphatic heterocycles. The van der Waals surface area contributed by atoms with Crippen LogP contribution in [0.4, 0.5) is 0 Å². The van der Waals surface area contributed by atoms with Crippen molar-refractivity contribution in [3.05, 3.63) is 52.5 Å². The molecular formula is C17H19ClO3. The van der Waals surface area contributed by atoms with Gasteiger partial charge in [0.1, 0.15) is 30.5 Å². The minimum absolute atomic E-state index is 0.467. The molecule has 0 aromatic heterocycles. The molecule has 0 amide bonds. The van der Waals surface area contributed by atoms with Crippen LogP contribution in [0.2, 0.25) is 5.02 Å². The first-order valence-electron chi connectivity index (χ1n) is 6.76. The predicted octanol–water partition coefficient (Wildman–Crippen LogP) is 4.42. The van der Waals surface area contributed by atoms with Gasteiger partial charge in [-0.3, -0.25) is 0 Å². The molecule has 0 saturated carbocycles. The lowest BCUT2D eigenvalue weighted by Gasteiger charge is -2.12. The van der Waals surface area contributed by atoms with E-state index in [0.717, 1.165) is 33.4 Å². The van der Waals surface area contributed by atoms with Gasteiger partial charge in [0, 0.05) is 11.1 Å². The van der Waals surface area contributed by atoms with Gasteiger partial charge in [0.05, 0.1) is 7.11 Å². The molecule has 0 aliphatic rings. The van der Waals surface area contributed by atoms with Crippen LogP contribution in [0, 0.1) is 13.8 Å². The Labute approximate surface area is 130 Å². The third-order valence-corrected chi connectivity index (χ3v) is 3.51. The molecule has 21 heavy (non-hydrogen) atoms. The minimum atomic E-state index is 0.467. The Morgan fingerprint density at radius 2 is 1.62 bits per heavy atom. The van der Waals surface area contributed by atoms with Crippen LogP contribution in [-0.2, 0) is 0 Å². The van der Waals surface area contributed by atoms with Gasteiger partial charge in [0.2, 0.25) is 0 Å². The second-order valence-electron chi connectivity index (χ2n) is 4.74. The summed E-state index contributed by atoms with van der Waals surface area (Å²) in [4.78, 5) is 0. The highest BCUT2D eigenvalue weighted by molar-refractivity contribution is 6.31. The maximum Gasteiger partial charge on any atom is 0.123 e. The molecule has 0 fully saturated rings. The van der Waals surface area contributed by atoms with Crippen molar-refractivity contribution in [2.24, 2.45) is 0 Å². The summed E-state index contributed by atoms with van der Waals surface area (Å²) < 4.78 is 16.5. The normalized spacial score (nSPS) is 10.3. The fraction of sp³-hybridized carbons (Fsp3) is 0.294. The fourth-order valence-corrected chi connectivity index (χ4v) is 2.13. The Hall–Kier alpha value is -1.87. The van der Waals surface area contributed by atoms with Gasteiger partial charge < -0.3 is 14.2 Å². The molecular weight excluding hydrogens is 288 g/mol. The lowest BCUT2D eigenvalue weighted by atomic mass is 10.1. The molecule has 0 N–H and O–H groups in total. The number of halogens is 1. The van der Waals surface area contributed by atoms with E-state index in [1.54, 1.807) is 7.11 Å². The van der Waals surface area contributed by atoms with Crippen LogP contribution in [0.1, 0.15) is 11.1 Å². The van der Waals surface area contributed by atoms with Crippen molar-refractivity contribution in [1.82, 2.24) is 0 Å². The standard InChI is InChI=1S/C17H19ClO3/c1-12-10-17(13(2)9-16(12)18)21-8-7-20-15-6-4-5-14(11-15)19-3/h4-6,9-11H,7-8H2,1-3H3. The Bertz CT molecular complexity index is 611. The van der Waals surface area contributed by atoms with Gasteiger partial charge >= 0.3 is 0 Å². The molecule has 2 aromatic rings. The van der Waals surface area contributed by atoms with Crippen molar-refractivity contribution in [2.45, 2.75) is 13.8 Å². The van der Waals surface area contributed by atoms with E-state index in [9.17, 15) is 0 Å². The summed E-state index contributed by atoms with van der Waals surface area (Å²) in [5.74, 6) is 2.38. The molecule has 0 atom stereocenters. The highest BCUT2D eigenvalue weighted by Gasteiger charge is 2.04. The smallest absolute Gasteiger partial charge is 0.123 e. The first kappa shape index (κ1) is 15.5. The third-order valence-electron chi connectivity index (χ3n) is 3.11. The zero-order valence-corrected chi connectivity index (χ0v) is 13.2. The van der Waals surface area contributed by atoms with E-state index in [4.69, 9.17) is 25.8 Å². The monoisotopic (exact) mass is 306 g/mol. The topological polar surface area (TPSA) is 27.7 Å². The van der Waals surface area contributed by atoms with E-state index in [2.05, 4.69) is 0 Å². The SMILES string of the molecule is COc1cccc(OCCOc2cc(C)c(Cl)cc2C)c1. The molecule has 3 nitrogen and oxygen atoms in total. The molecule has 0 saturated heterocycles. The molecule has 0 bridgehead atoms. The molecule has 2 rings (SSSR count). The first-order valence-corrected chi connectivity index (χ1v) is 7.14. The van der Waals surface area contributed by atoms with Crippen LogP contribution in [-0.4, -0.2) is 20.3 Å². The number of methoxy groups -OCH3 is 1. The number of hydrogen-bond acceptors (Lipinski definition) is 3. The molecule has 2 aromatic carbocycles. The molecule has 4 heteroatoms. The maximum absolute atomic E-state index is 6.06. The quantitative estimate of drug-likeness (QED) is 0.739. The van der Waals surface area contributed by atoms with E-state index in [1.807, 2.05) is 50.2 Å². The van der Waals surface area contributed by atoms with Crippen LogP contribution in [0.25, 0.3) is 0 Å². The number of ether oxygens (including phenoxy) is 3. The summed E-state index contributed by atoms with van der Waals surface area (Å²) in [7, 11) is 1.63. The van der Waals surface area contributed by atoms with Crippen molar-refractivity contribution in [3.8, 4) is 17.2 Å². The Morgan fingerprint density at radius 3 is 2.38 bits per heavy atom. The van der Waals surface area contributed by atoms with E-state index in [1.165, 1.54) is 0 Å². The molecule has 0 aliphatic carbocycles. The summed E-state index contributed by atoms with van der Waals surface area (Å²) in [6, 6.07) is 11.4. The van der Waals surface area contributed by atoms with Gasteiger partial charge in [0.25, 0.3) is 0 Å². The molecule has 0 spiro atoms. The third kappa shape index (κ3) is 4.30. The molecule has 112 valence electrons. The highest BCUT2D eigenvalue weighted by Crippen LogP contribution is 2.26. The molecule has 0 unspecified atom stereocenters. The van der Waals surface area contributed by atoms with Gasteiger partial charge in [-0.05, 0) is 49.2 Å². The van der Waals surface area contributed by atoms with E-state index in [-0.39, 0.29) is 0 Å². The number of rotatable bonds is 6. The minimum Gasteiger partial charge on any atom is -0.497 e.